The lowest BCUT2D eigenvalue weighted by molar-refractivity contribution is -0.137. The first-order chi connectivity index (χ1) is 12.0. The summed E-state index contributed by atoms with van der Waals surface area (Å²) in [6, 6.07) is 7.06. The maximum Gasteiger partial charge on any atom is 0.349 e. The predicted molar refractivity (Wildman–Crippen MR) is 93.9 cm³/mol. The van der Waals surface area contributed by atoms with E-state index in [4.69, 9.17) is 4.74 Å². The van der Waals surface area contributed by atoms with Crippen molar-refractivity contribution >= 4 is 17.8 Å². The molecule has 2 aromatic heterocycles. The second-order valence-corrected chi connectivity index (χ2v) is 5.73. The number of esters is 1. The van der Waals surface area contributed by atoms with E-state index in [0.29, 0.717) is 5.69 Å². The molecule has 0 spiro atoms. The molecule has 130 valence electrons. The number of hydrogen-bond donors (Lipinski definition) is 1. The highest BCUT2D eigenvalue weighted by atomic mass is 16.5. The topological polar surface area (TPSA) is 87.9 Å². The number of aryl methyl sites for hydroxylation is 1. The molecule has 25 heavy (non-hydrogen) atoms. The second-order valence-electron chi connectivity index (χ2n) is 5.73. The summed E-state index contributed by atoms with van der Waals surface area (Å²) in [6.07, 6.45) is 4.12. The zero-order chi connectivity index (χ0) is 18.4. The molecule has 0 aromatic carbocycles. The van der Waals surface area contributed by atoms with Gasteiger partial charge >= 0.3 is 5.97 Å². The van der Waals surface area contributed by atoms with Crippen LogP contribution in [0.2, 0.25) is 0 Å². The van der Waals surface area contributed by atoms with Crippen LogP contribution in [0.5, 0.6) is 0 Å². The molecule has 0 saturated carbocycles. The van der Waals surface area contributed by atoms with Crippen LogP contribution in [0.3, 0.4) is 0 Å². The highest BCUT2D eigenvalue weighted by Crippen LogP contribution is 2.19. The predicted octanol–water partition coefficient (Wildman–Crippen LogP) is 3.18. The molecule has 6 nitrogen and oxygen atoms in total. The van der Waals surface area contributed by atoms with E-state index in [1.807, 2.05) is 26.0 Å². The number of aromatic amines is 1. The van der Waals surface area contributed by atoms with Crippen molar-refractivity contribution in [3.05, 3.63) is 52.6 Å². The lowest BCUT2D eigenvalue weighted by Crippen LogP contribution is -2.15. The van der Waals surface area contributed by atoms with Crippen molar-refractivity contribution in [3.63, 3.8) is 0 Å². The molecule has 0 aliphatic carbocycles. The summed E-state index contributed by atoms with van der Waals surface area (Å²) in [5.74, 6) is -1.15. The number of carbonyl (C=O) groups excluding carboxylic acids is 2. The van der Waals surface area contributed by atoms with Crippen LogP contribution in [0.4, 0.5) is 0 Å². The Bertz CT molecular complexity index is 836. The molecule has 2 heterocycles. The first-order valence-electron chi connectivity index (χ1n) is 8.10. The molecule has 0 unspecified atom stereocenters. The normalized spacial score (nSPS) is 11.2. The Hall–Kier alpha value is -3.07. The zero-order valence-corrected chi connectivity index (χ0v) is 14.6. The van der Waals surface area contributed by atoms with E-state index in [2.05, 4.69) is 16.5 Å². The minimum absolute atomic E-state index is 0.129. The Balaban J connectivity index is 2.12. The van der Waals surface area contributed by atoms with Crippen molar-refractivity contribution in [2.75, 3.05) is 6.61 Å². The van der Waals surface area contributed by atoms with E-state index in [-0.39, 0.29) is 11.4 Å². The van der Waals surface area contributed by atoms with Gasteiger partial charge in [0.05, 0.1) is 5.69 Å². The summed E-state index contributed by atoms with van der Waals surface area (Å²) in [7, 11) is 0. The quantitative estimate of drug-likeness (QED) is 0.363. The number of carbonyl (C=O) groups is 2. The molecular weight excluding hydrogens is 318 g/mol. The molecule has 0 bridgehead atoms. The molecule has 0 atom stereocenters. The minimum atomic E-state index is -0.803. The number of Topliss-reactive ketones (excluding diaryl/α,β-unsaturated/α-hetero) is 1. The summed E-state index contributed by atoms with van der Waals surface area (Å²) in [5.41, 5.74) is 3.09. The number of ether oxygens (including phenoxy) is 1. The molecule has 0 amide bonds. The molecule has 0 saturated heterocycles. The number of hydrogen-bond acceptors (Lipinski definition) is 4. The molecule has 0 fully saturated rings. The maximum absolute atomic E-state index is 12.1. The van der Waals surface area contributed by atoms with Crippen molar-refractivity contribution in [2.24, 2.45) is 0 Å². The Morgan fingerprint density at radius 3 is 2.76 bits per heavy atom. The van der Waals surface area contributed by atoms with Crippen molar-refractivity contribution in [3.8, 4) is 6.07 Å². The maximum atomic E-state index is 12.1. The van der Waals surface area contributed by atoms with E-state index in [1.54, 1.807) is 18.3 Å². The van der Waals surface area contributed by atoms with Gasteiger partial charge in [0.1, 0.15) is 11.6 Å². The fraction of sp³-hybridized carbons (Fsp3) is 0.316. The van der Waals surface area contributed by atoms with E-state index in [9.17, 15) is 14.9 Å². The van der Waals surface area contributed by atoms with Crippen molar-refractivity contribution in [2.45, 2.75) is 33.7 Å². The van der Waals surface area contributed by atoms with Gasteiger partial charge in [-0.1, -0.05) is 6.92 Å². The molecule has 2 aromatic rings. The van der Waals surface area contributed by atoms with Crippen LogP contribution >= 0.6 is 0 Å². The third kappa shape index (κ3) is 4.27. The lowest BCUT2D eigenvalue weighted by atomic mass is 10.1. The van der Waals surface area contributed by atoms with Gasteiger partial charge in [0.15, 0.2) is 6.61 Å². The standard InChI is InChI=1S/C19H21N3O3/c1-4-8-22-13(2)9-15(14(22)3)10-16(11-20)19(24)25-12-18(23)17-6-5-7-21-17/h5-7,9-10,21H,4,8,12H2,1-3H3/b16-10+. The molecule has 1 N–H and O–H groups in total. The molecule has 0 radical (unpaired) electrons. The summed E-state index contributed by atoms with van der Waals surface area (Å²) >= 11 is 0. The lowest BCUT2D eigenvalue weighted by Gasteiger charge is -2.07. The van der Waals surface area contributed by atoms with E-state index < -0.39 is 12.6 Å². The van der Waals surface area contributed by atoms with Gasteiger partial charge in [-0.3, -0.25) is 4.79 Å². The average Bonchev–Trinajstić information content (AvgIpc) is 3.22. The largest absolute Gasteiger partial charge is 0.453 e. The number of nitrogens with zero attached hydrogens (tertiary/aromatic N) is 2. The third-order valence-corrected chi connectivity index (χ3v) is 3.93. The molecular formula is C19H21N3O3. The fourth-order valence-electron chi connectivity index (χ4n) is 2.62. The van der Waals surface area contributed by atoms with Gasteiger partial charge < -0.3 is 14.3 Å². The highest BCUT2D eigenvalue weighted by Gasteiger charge is 2.16. The SMILES string of the molecule is CCCn1c(C)cc(/C=C(\C#N)C(=O)OCC(=O)c2ccc[nH]2)c1C. The van der Waals surface area contributed by atoms with Crippen LogP contribution in [-0.4, -0.2) is 27.9 Å². The summed E-state index contributed by atoms with van der Waals surface area (Å²) < 4.78 is 7.11. The molecule has 6 heteroatoms. The van der Waals surface area contributed by atoms with Gasteiger partial charge in [0.2, 0.25) is 5.78 Å². The first-order valence-corrected chi connectivity index (χ1v) is 8.10. The second kappa shape index (κ2) is 8.15. The van der Waals surface area contributed by atoms with Gasteiger partial charge in [-0.25, -0.2) is 4.79 Å². The van der Waals surface area contributed by atoms with Gasteiger partial charge in [0, 0.05) is 24.1 Å². The first kappa shape index (κ1) is 18.3. The van der Waals surface area contributed by atoms with Crippen LogP contribution in [0.1, 0.15) is 40.8 Å². The number of rotatable bonds is 7. The zero-order valence-electron chi connectivity index (χ0n) is 14.6. The Kier molecular flexibility index (Phi) is 5.96. The number of nitriles is 1. The highest BCUT2D eigenvalue weighted by molar-refractivity contribution is 6.01. The van der Waals surface area contributed by atoms with Crippen molar-refractivity contribution in [1.82, 2.24) is 9.55 Å². The van der Waals surface area contributed by atoms with Crippen LogP contribution in [0.25, 0.3) is 6.08 Å². The number of H-pyrrole nitrogens is 1. The van der Waals surface area contributed by atoms with E-state index >= 15 is 0 Å². The Labute approximate surface area is 146 Å². The summed E-state index contributed by atoms with van der Waals surface area (Å²) in [5, 5.41) is 9.26. The Morgan fingerprint density at radius 2 is 2.16 bits per heavy atom. The summed E-state index contributed by atoms with van der Waals surface area (Å²) in [6.45, 7) is 6.49. The van der Waals surface area contributed by atoms with Crippen LogP contribution in [0.15, 0.2) is 30.0 Å². The molecule has 2 rings (SSSR count). The fourth-order valence-corrected chi connectivity index (χ4v) is 2.62. The number of nitrogens with one attached hydrogen (secondary N) is 1. The Morgan fingerprint density at radius 1 is 1.40 bits per heavy atom. The van der Waals surface area contributed by atoms with E-state index in [1.165, 1.54) is 6.08 Å². The van der Waals surface area contributed by atoms with Gasteiger partial charge in [-0.2, -0.15) is 5.26 Å². The number of ketones is 1. The van der Waals surface area contributed by atoms with Gasteiger partial charge in [-0.15, -0.1) is 0 Å². The van der Waals surface area contributed by atoms with Crippen molar-refractivity contribution < 1.29 is 14.3 Å². The minimum Gasteiger partial charge on any atom is -0.453 e. The average molecular weight is 339 g/mol. The van der Waals surface area contributed by atoms with Crippen molar-refractivity contribution in [1.29, 1.82) is 5.26 Å². The monoisotopic (exact) mass is 339 g/mol. The van der Waals surface area contributed by atoms with Crippen LogP contribution in [-0.2, 0) is 16.1 Å². The van der Waals surface area contributed by atoms with Crippen LogP contribution in [0, 0.1) is 25.2 Å². The third-order valence-electron chi connectivity index (χ3n) is 3.93. The molecule has 0 aliphatic rings. The summed E-state index contributed by atoms with van der Waals surface area (Å²) in [4.78, 5) is 26.7. The van der Waals surface area contributed by atoms with Gasteiger partial charge in [0.25, 0.3) is 0 Å². The van der Waals surface area contributed by atoms with Crippen LogP contribution < -0.4 is 0 Å². The molecule has 0 aliphatic heterocycles. The van der Waals surface area contributed by atoms with Gasteiger partial charge in [-0.05, 0) is 50.1 Å². The number of aromatic nitrogens is 2. The van der Waals surface area contributed by atoms with E-state index in [0.717, 1.165) is 29.9 Å². The smallest absolute Gasteiger partial charge is 0.349 e.